The fourth-order valence-corrected chi connectivity index (χ4v) is 2.68. The Morgan fingerprint density at radius 3 is 2.52 bits per heavy atom. The lowest BCUT2D eigenvalue weighted by molar-refractivity contribution is 0.0692. The van der Waals surface area contributed by atoms with E-state index in [2.05, 4.69) is 5.32 Å². The standard InChI is InChI=1S/C22H26FN3O3/c1-22(2,28)12-13-26-21(27)16-9-11-18(25)19(20(16)29-3)17(24)10-6-14-4-7-15(23)8-5-14/h4-11,24,28H,12-13,25H2,1-3H3,(H,26,27)/b10-6+,24-17?. The van der Waals surface area contributed by atoms with E-state index < -0.39 is 5.60 Å². The Hall–Kier alpha value is -3.19. The summed E-state index contributed by atoms with van der Waals surface area (Å²) < 4.78 is 18.4. The molecule has 7 heteroatoms. The molecule has 0 saturated carbocycles. The molecule has 6 nitrogen and oxygen atoms in total. The van der Waals surface area contributed by atoms with Gasteiger partial charge in [-0.2, -0.15) is 0 Å². The molecule has 2 rings (SSSR count). The van der Waals surface area contributed by atoms with Crippen molar-refractivity contribution in [2.75, 3.05) is 19.4 Å². The van der Waals surface area contributed by atoms with Gasteiger partial charge in [-0.1, -0.05) is 18.2 Å². The minimum Gasteiger partial charge on any atom is -0.495 e. The number of nitrogen functional groups attached to an aromatic ring is 1. The van der Waals surface area contributed by atoms with E-state index in [1.807, 2.05) is 0 Å². The molecule has 0 radical (unpaired) electrons. The third-order valence-corrected chi connectivity index (χ3v) is 4.24. The summed E-state index contributed by atoms with van der Waals surface area (Å²) in [5, 5.41) is 20.9. The molecule has 154 valence electrons. The smallest absolute Gasteiger partial charge is 0.255 e. The molecule has 2 aromatic carbocycles. The first-order valence-electron chi connectivity index (χ1n) is 9.12. The number of halogens is 1. The van der Waals surface area contributed by atoms with Crippen molar-refractivity contribution in [3.8, 4) is 5.75 Å². The highest BCUT2D eigenvalue weighted by Crippen LogP contribution is 2.30. The van der Waals surface area contributed by atoms with Gasteiger partial charge in [-0.05, 0) is 56.2 Å². The SMILES string of the molecule is COc1c(C(=O)NCCC(C)(C)O)ccc(N)c1C(=N)/C=C/c1ccc(F)cc1. The molecule has 0 aromatic heterocycles. The van der Waals surface area contributed by atoms with Crippen LogP contribution in [0.4, 0.5) is 10.1 Å². The van der Waals surface area contributed by atoms with Crippen LogP contribution >= 0.6 is 0 Å². The molecular formula is C22H26FN3O3. The number of carbonyl (C=O) groups excluding carboxylic acids is 1. The zero-order valence-corrected chi connectivity index (χ0v) is 16.8. The van der Waals surface area contributed by atoms with Gasteiger partial charge in [-0.3, -0.25) is 4.79 Å². The highest BCUT2D eigenvalue weighted by atomic mass is 19.1. The van der Waals surface area contributed by atoms with Gasteiger partial charge >= 0.3 is 0 Å². The molecule has 0 spiro atoms. The van der Waals surface area contributed by atoms with Gasteiger partial charge in [0.25, 0.3) is 5.91 Å². The van der Waals surface area contributed by atoms with Gasteiger partial charge in [-0.15, -0.1) is 0 Å². The topological polar surface area (TPSA) is 108 Å². The third-order valence-electron chi connectivity index (χ3n) is 4.24. The average Bonchev–Trinajstić information content (AvgIpc) is 2.65. The Morgan fingerprint density at radius 2 is 1.93 bits per heavy atom. The number of methoxy groups -OCH3 is 1. The number of amides is 1. The lowest BCUT2D eigenvalue weighted by atomic mass is 10.0. The first kappa shape index (κ1) is 22.1. The third kappa shape index (κ3) is 6.15. The summed E-state index contributed by atoms with van der Waals surface area (Å²) in [6.07, 6.45) is 3.55. The molecule has 0 fully saturated rings. The lowest BCUT2D eigenvalue weighted by Crippen LogP contribution is -2.31. The molecule has 1 amide bonds. The van der Waals surface area contributed by atoms with Crippen LogP contribution in [-0.4, -0.2) is 36.0 Å². The van der Waals surface area contributed by atoms with Crippen LogP contribution in [0.15, 0.2) is 42.5 Å². The second-order valence-corrected chi connectivity index (χ2v) is 7.23. The molecule has 0 aliphatic rings. The van der Waals surface area contributed by atoms with Crippen molar-refractivity contribution in [3.05, 3.63) is 65.0 Å². The minimum atomic E-state index is -0.892. The van der Waals surface area contributed by atoms with Crippen LogP contribution in [0, 0.1) is 11.2 Å². The number of anilines is 1. The summed E-state index contributed by atoms with van der Waals surface area (Å²) >= 11 is 0. The highest BCUT2D eigenvalue weighted by molar-refractivity contribution is 6.15. The van der Waals surface area contributed by atoms with Crippen molar-refractivity contribution in [2.24, 2.45) is 0 Å². The number of benzene rings is 2. The quantitative estimate of drug-likeness (QED) is 0.403. The van der Waals surface area contributed by atoms with E-state index in [-0.39, 0.29) is 35.3 Å². The van der Waals surface area contributed by atoms with Crippen LogP contribution in [-0.2, 0) is 0 Å². The van der Waals surface area contributed by atoms with E-state index in [0.717, 1.165) is 0 Å². The number of aliphatic hydroxyl groups is 1. The van der Waals surface area contributed by atoms with E-state index in [0.29, 0.717) is 23.2 Å². The Morgan fingerprint density at radius 1 is 1.28 bits per heavy atom. The van der Waals surface area contributed by atoms with E-state index >= 15 is 0 Å². The van der Waals surface area contributed by atoms with Crippen molar-refractivity contribution in [1.29, 1.82) is 5.41 Å². The van der Waals surface area contributed by atoms with Gasteiger partial charge in [0.2, 0.25) is 0 Å². The van der Waals surface area contributed by atoms with Gasteiger partial charge in [0, 0.05) is 12.2 Å². The lowest BCUT2D eigenvalue weighted by Gasteiger charge is -2.18. The largest absolute Gasteiger partial charge is 0.495 e. The molecule has 0 aliphatic carbocycles. The molecule has 0 unspecified atom stereocenters. The van der Waals surface area contributed by atoms with Gasteiger partial charge < -0.3 is 26.3 Å². The first-order chi connectivity index (χ1) is 13.6. The van der Waals surface area contributed by atoms with Gasteiger partial charge in [0.15, 0.2) is 0 Å². The summed E-state index contributed by atoms with van der Waals surface area (Å²) in [7, 11) is 1.41. The Balaban J connectivity index is 2.27. The molecule has 0 aliphatic heterocycles. The molecule has 5 N–H and O–H groups in total. The summed E-state index contributed by atoms with van der Waals surface area (Å²) in [5.74, 6) is -0.534. The fourth-order valence-electron chi connectivity index (χ4n) is 2.68. The zero-order valence-electron chi connectivity index (χ0n) is 16.8. The molecular weight excluding hydrogens is 373 g/mol. The second-order valence-electron chi connectivity index (χ2n) is 7.23. The van der Waals surface area contributed by atoms with Crippen molar-refractivity contribution < 1.29 is 19.0 Å². The molecule has 0 atom stereocenters. The number of carbonyl (C=O) groups is 1. The van der Waals surface area contributed by atoms with E-state index in [1.54, 1.807) is 38.1 Å². The van der Waals surface area contributed by atoms with Crippen LogP contribution in [0.1, 0.15) is 41.8 Å². The van der Waals surface area contributed by atoms with Crippen molar-refractivity contribution in [1.82, 2.24) is 5.32 Å². The van der Waals surface area contributed by atoms with E-state index in [9.17, 15) is 14.3 Å². The Kier molecular flexibility index (Phi) is 7.12. The number of nitrogens with one attached hydrogen (secondary N) is 2. The molecule has 0 heterocycles. The van der Waals surface area contributed by atoms with Crippen LogP contribution in [0.3, 0.4) is 0 Å². The van der Waals surface area contributed by atoms with Crippen LogP contribution in [0.5, 0.6) is 5.75 Å². The number of allylic oxidation sites excluding steroid dienone is 1. The van der Waals surface area contributed by atoms with Gasteiger partial charge in [0.1, 0.15) is 11.6 Å². The van der Waals surface area contributed by atoms with Crippen molar-refractivity contribution >= 4 is 23.4 Å². The fraction of sp³-hybridized carbons (Fsp3) is 0.273. The maximum absolute atomic E-state index is 13.0. The molecule has 2 aromatic rings. The Bertz CT molecular complexity index is 916. The van der Waals surface area contributed by atoms with Crippen molar-refractivity contribution in [3.63, 3.8) is 0 Å². The predicted octanol–water partition coefficient (Wildman–Crippen LogP) is 3.39. The number of nitrogens with two attached hydrogens (primary N) is 1. The minimum absolute atomic E-state index is 0.0508. The van der Waals surface area contributed by atoms with Crippen LogP contribution in [0.2, 0.25) is 0 Å². The summed E-state index contributed by atoms with van der Waals surface area (Å²) in [6.45, 7) is 3.61. The zero-order chi connectivity index (χ0) is 21.6. The summed E-state index contributed by atoms with van der Waals surface area (Å²) in [6, 6.07) is 8.92. The summed E-state index contributed by atoms with van der Waals surface area (Å²) in [4.78, 5) is 12.6. The molecule has 0 bridgehead atoms. The van der Waals surface area contributed by atoms with Crippen LogP contribution in [0.25, 0.3) is 6.08 Å². The van der Waals surface area contributed by atoms with Crippen molar-refractivity contribution in [2.45, 2.75) is 25.9 Å². The second kappa shape index (κ2) is 9.34. The number of ether oxygens (including phenoxy) is 1. The number of rotatable bonds is 8. The number of hydrogen-bond acceptors (Lipinski definition) is 5. The van der Waals surface area contributed by atoms with Crippen LogP contribution < -0.4 is 15.8 Å². The van der Waals surface area contributed by atoms with E-state index in [1.165, 1.54) is 31.4 Å². The highest BCUT2D eigenvalue weighted by Gasteiger charge is 2.21. The molecule has 29 heavy (non-hydrogen) atoms. The monoisotopic (exact) mass is 399 g/mol. The molecule has 0 saturated heterocycles. The predicted molar refractivity (Wildman–Crippen MR) is 113 cm³/mol. The maximum atomic E-state index is 13.0. The normalized spacial score (nSPS) is 11.5. The summed E-state index contributed by atoms with van der Waals surface area (Å²) in [5.41, 5.74) is 6.75. The van der Waals surface area contributed by atoms with Gasteiger partial charge in [0.05, 0.1) is 29.5 Å². The average molecular weight is 399 g/mol. The van der Waals surface area contributed by atoms with E-state index in [4.69, 9.17) is 15.9 Å². The van der Waals surface area contributed by atoms with Gasteiger partial charge in [-0.25, -0.2) is 4.39 Å². The number of hydrogen-bond donors (Lipinski definition) is 4. The maximum Gasteiger partial charge on any atom is 0.255 e. The first-order valence-corrected chi connectivity index (χ1v) is 9.12. The Labute approximate surface area is 169 Å².